The minimum absolute atomic E-state index is 0.0814. The number of hydrogen-bond acceptors (Lipinski definition) is 3. The zero-order valence-electron chi connectivity index (χ0n) is 9.71. The standard InChI is InChI=1S/C11H24O3/c1-4-6-11(13-3,7-5-2)10-14-9-8-12/h12H,4-10H2,1-3H3. The first-order chi connectivity index (χ1) is 6.74. The van der Waals surface area contributed by atoms with Gasteiger partial charge in [-0.2, -0.15) is 0 Å². The van der Waals surface area contributed by atoms with Gasteiger partial charge in [-0.1, -0.05) is 26.7 Å². The molecule has 0 aliphatic carbocycles. The molecule has 14 heavy (non-hydrogen) atoms. The van der Waals surface area contributed by atoms with E-state index in [-0.39, 0.29) is 12.2 Å². The van der Waals surface area contributed by atoms with Gasteiger partial charge in [-0.25, -0.2) is 0 Å². The van der Waals surface area contributed by atoms with Gasteiger partial charge in [0.15, 0.2) is 0 Å². The second-order valence-corrected chi connectivity index (χ2v) is 3.66. The highest BCUT2D eigenvalue weighted by Crippen LogP contribution is 2.23. The molecular formula is C11H24O3. The van der Waals surface area contributed by atoms with Crippen molar-refractivity contribution in [3.8, 4) is 0 Å². The van der Waals surface area contributed by atoms with E-state index in [4.69, 9.17) is 14.6 Å². The molecule has 0 atom stereocenters. The Morgan fingerprint density at radius 1 is 1.14 bits per heavy atom. The van der Waals surface area contributed by atoms with Crippen molar-refractivity contribution in [2.24, 2.45) is 0 Å². The molecule has 0 aromatic rings. The third-order valence-electron chi connectivity index (χ3n) is 2.44. The molecule has 3 heteroatoms. The Bertz CT molecular complexity index is 120. The van der Waals surface area contributed by atoms with Crippen LogP contribution in [0.15, 0.2) is 0 Å². The van der Waals surface area contributed by atoms with Gasteiger partial charge in [-0.3, -0.25) is 0 Å². The molecule has 0 saturated carbocycles. The molecule has 0 spiro atoms. The van der Waals surface area contributed by atoms with Crippen molar-refractivity contribution in [1.82, 2.24) is 0 Å². The van der Waals surface area contributed by atoms with E-state index in [2.05, 4.69) is 13.8 Å². The summed E-state index contributed by atoms with van der Waals surface area (Å²) >= 11 is 0. The van der Waals surface area contributed by atoms with E-state index in [0.29, 0.717) is 13.2 Å². The SMILES string of the molecule is CCCC(CCC)(COCCO)OC. The van der Waals surface area contributed by atoms with Crippen molar-refractivity contribution in [2.75, 3.05) is 26.9 Å². The van der Waals surface area contributed by atoms with Crippen LogP contribution in [0, 0.1) is 0 Å². The zero-order chi connectivity index (χ0) is 10.9. The van der Waals surface area contributed by atoms with Gasteiger partial charge in [-0.05, 0) is 12.8 Å². The van der Waals surface area contributed by atoms with E-state index in [0.717, 1.165) is 25.7 Å². The molecule has 0 radical (unpaired) electrons. The van der Waals surface area contributed by atoms with Crippen LogP contribution in [0.5, 0.6) is 0 Å². The molecule has 0 aliphatic rings. The van der Waals surface area contributed by atoms with E-state index >= 15 is 0 Å². The number of aliphatic hydroxyl groups excluding tert-OH is 1. The summed E-state index contributed by atoms with van der Waals surface area (Å²) in [7, 11) is 1.74. The van der Waals surface area contributed by atoms with Crippen molar-refractivity contribution >= 4 is 0 Å². The predicted octanol–water partition coefficient (Wildman–Crippen LogP) is 1.98. The summed E-state index contributed by atoms with van der Waals surface area (Å²) in [5.74, 6) is 0. The number of rotatable bonds is 9. The smallest absolute Gasteiger partial charge is 0.0910 e. The first-order valence-electron chi connectivity index (χ1n) is 5.48. The zero-order valence-corrected chi connectivity index (χ0v) is 9.71. The van der Waals surface area contributed by atoms with Gasteiger partial charge in [0.05, 0.1) is 25.4 Å². The van der Waals surface area contributed by atoms with Crippen LogP contribution in [0.25, 0.3) is 0 Å². The Morgan fingerprint density at radius 2 is 1.71 bits per heavy atom. The molecule has 1 N–H and O–H groups in total. The Morgan fingerprint density at radius 3 is 2.07 bits per heavy atom. The largest absolute Gasteiger partial charge is 0.394 e. The summed E-state index contributed by atoms with van der Waals surface area (Å²) in [6.07, 6.45) is 4.22. The van der Waals surface area contributed by atoms with Crippen LogP contribution in [-0.4, -0.2) is 37.6 Å². The maximum Gasteiger partial charge on any atom is 0.0910 e. The van der Waals surface area contributed by atoms with Crippen LogP contribution in [0.2, 0.25) is 0 Å². The van der Waals surface area contributed by atoms with Gasteiger partial charge >= 0.3 is 0 Å². The molecule has 0 aromatic carbocycles. The van der Waals surface area contributed by atoms with E-state index in [1.165, 1.54) is 0 Å². The second kappa shape index (κ2) is 8.21. The van der Waals surface area contributed by atoms with Gasteiger partial charge < -0.3 is 14.6 Å². The Kier molecular flexibility index (Phi) is 8.14. The normalized spacial score (nSPS) is 12.0. The summed E-state index contributed by atoms with van der Waals surface area (Å²) in [4.78, 5) is 0. The number of ether oxygens (including phenoxy) is 2. The van der Waals surface area contributed by atoms with Crippen LogP contribution in [0.1, 0.15) is 39.5 Å². The van der Waals surface area contributed by atoms with E-state index in [1.807, 2.05) is 0 Å². The molecule has 86 valence electrons. The summed E-state index contributed by atoms with van der Waals surface area (Å²) in [5, 5.41) is 8.63. The fourth-order valence-corrected chi connectivity index (χ4v) is 1.77. The summed E-state index contributed by atoms with van der Waals surface area (Å²) < 4.78 is 10.9. The summed E-state index contributed by atoms with van der Waals surface area (Å²) in [6.45, 7) is 5.37. The summed E-state index contributed by atoms with van der Waals surface area (Å²) in [6, 6.07) is 0. The topological polar surface area (TPSA) is 38.7 Å². The molecular weight excluding hydrogens is 180 g/mol. The molecule has 0 amide bonds. The van der Waals surface area contributed by atoms with Gasteiger partial charge in [0.1, 0.15) is 0 Å². The predicted molar refractivity (Wildman–Crippen MR) is 57.5 cm³/mol. The lowest BCUT2D eigenvalue weighted by Crippen LogP contribution is -2.37. The van der Waals surface area contributed by atoms with Gasteiger partial charge in [0.25, 0.3) is 0 Å². The molecule has 0 heterocycles. The molecule has 0 unspecified atom stereocenters. The number of aliphatic hydroxyl groups is 1. The average Bonchev–Trinajstić information content (AvgIpc) is 2.19. The molecule has 0 fully saturated rings. The second-order valence-electron chi connectivity index (χ2n) is 3.66. The third kappa shape index (κ3) is 4.94. The van der Waals surface area contributed by atoms with Crippen LogP contribution in [0.3, 0.4) is 0 Å². The monoisotopic (exact) mass is 204 g/mol. The number of hydrogen-bond donors (Lipinski definition) is 1. The molecule has 0 aliphatic heterocycles. The maximum atomic E-state index is 8.63. The Hall–Kier alpha value is -0.120. The van der Waals surface area contributed by atoms with Crippen molar-refractivity contribution < 1.29 is 14.6 Å². The first-order valence-corrected chi connectivity index (χ1v) is 5.48. The average molecular weight is 204 g/mol. The van der Waals surface area contributed by atoms with Crippen molar-refractivity contribution in [3.63, 3.8) is 0 Å². The van der Waals surface area contributed by atoms with Crippen molar-refractivity contribution in [3.05, 3.63) is 0 Å². The Balaban J connectivity index is 4.03. The fourth-order valence-electron chi connectivity index (χ4n) is 1.77. The van der Waals surface area contributed by atoms with Gasteiger partial charge in [-0.15, -0.1) is 0 Å². The maximum absolute atomic E-state index is 8.63. The third-order valence-corrected chi connectivity index (χ3v) is 2.44. The van der Waals surface area contributed by atoms with Crippen LogP contribution in [-0.2, 0) is 9.47 Å². The Labute approximate surface area is 87.4 Å². The van der Waals surface area contributed by atoms with Crippen LogP contribution in [0.4, 0.5) is 0 Å². The lowest BCUT2D eigenvalue weighted by atomic mass is 9.93. The molecule has 0 aromatic heterocycles. The minimum Gasteiger partial charge on any atom is -0.394 e. The quantitative estimate of drug-likeness (QED) is 0.584. The molecule has 3 nitrogen and oxygen atoms in total. The van der Waals surface area contributed by atoms with Gasteiger partial charge in [0, 0.05) is 7.11 Å². The lowest BCUT2D eigenvalue weighted by molar-refractivity contribution is -0.0896. The number of methoxy groups -OCH3 is 1. The van der Waals surface area contributed by atoms with E-state index < -0.39 is 0 Å². The fraction of sp³-hybridized carbons (Fsp3) is 1.00. The highest BCUT2D eigenvalue weighted by molar-refractivity contribution is 4.79. The highest BCUT2D eigenvalue weighted by Gasteiger charge is 2.27. The highest BCUT2D eigenvalue weighted by atomic mass is 16.5. The van der Waals surface area contributed by atoms with Crippen molar-refractivity contribution in [2.45, 2.75) is 45.1 Å². The lowest BCUT2D eigenvalue weighted by Gasteiger charge is -2.31. The van der Waals surface area contributed by atoms with Gasteiger partial charge in [0.2, 0.25) is 0 Å². The van der Waals surface area contributed by atoms with Crippen molar-refractivity contribution in [1.29, 1.82) is 0 Å². The summed E-state index contributed by atoms with van der Waals surface area (Å²) in [5.41, 5.74) is -0.140. The first kappa shape index (κ1) is 13.9. The molecule has 0 bridgehead atoms. The molecule has 0 saturated heterocycles. The van der Waals surface area contributed by atoms with E-state index in [9.17, 15) is 0 Å². The molecule has 0 rings (SSSR count). The van der Waals surface area contributed by atoms with Crippen LogP contribution < -0.4 is 0 Å². The van der Waals surface area contributed by atoms with Crippen LogP contribution >= 0.6 is 0 Å². The van der Waals surface area contributed by atoms with E-state index in [1.54, 1.807) is 7.11 Å². The minimum atomic E-state index is -0.140.